The topological polar surface area (TPSA) is 69.4 Å². The number of nitrogens with one attached hydrogen (secondary N) is 2. The summed E-state index contributed by atoms with van der Waals surface area (Å²) in [5.41, 5.74) is 1.49. The highest BCUT2D eigenvalue weighted by molar-refractivity contribution is 5.80. The van der Waals surface area contributed by atoms with Gasteiger partial charge in [0.15, 0.2) is 17.5 Å². The van der Waals surface area contributed by atoms with E-state index in [1.807, 2.05) is 19.1 Å². The van der Waals surface area contributed by atoms with Gasteiger partial charge in [-0.05, 0) is 61.6 Å². The van der Waals surface area contributed by atoms with Gasteiger partial charge in [-0.1, -0.05) is 6.07 Å². The van der Waals surface area contributed by atoms with Crippen LogP contribution >= 0.6 is 0 Å². The minimum Gasteiger partial charge on any atom is -0.490 e. The third-order valence-electron chi connectivity index (χ3n) is 4.83. The number of benzene rings is 2. The maximum atomic E-state index is 14.3. The van der Waals surface area contributed by atoms with Crippen molar-refractivity contribution < 1.29 is 13.5 Å². The van der Waals surface area contributed by atoms with Crippen molar-refractivity contribution in [3.63, 3.8) is 0 Å². The highest BCUT2D eigenvalue weighted by Gasteiger charge is 2.22. The van der Waals surface area contributed by atoms with Crippen molar-refractivity contribution in [2.24, 2.45) is 10.9 Å². The summed E-state index contributed by atoms with van der Waals surface area (Å²) in [7, 11) is 1.60. The third kappa shape index (κ3) is 5.67. The van der Waals surface area contributed by atoms with Crippen molar-refractivity contribution >= 4 is 5.96 Å². The van der Waals surface area contributed by atoms with Gasteiger partial charge in [-0.2, -0.15) is 5.26 Å². The zero-order valence-corrected chi connectivity index (χ0v) is 16.5. The average Bonchev–Trinajstić information content (AvgIpc) is 3.55. The van der Waals surface area contributed by atoms with Crippen LogP contribution in [0.25, 0.3) is 0 Å². The lowest BCUT2D eigenvalue weighted by atomic mass is 10.1. The van der Waals surface area contributed by atoms with E-state index in [0.717, 1.165) is 18.4 Å². The van der Waals surface area contributed by atoms with E-state index >= 15 is 0 Å². The number of guanidine groups is 1. The van der Waals surface area contributed by atoms with Gasteiger partial charge in [-0.25, -0.2) is 8.78 Å². The Labute approximate surface area is 169 Å². The molecule has 0 heterocycles. The molecule has 7 heteroatoms. The van der Waals surface area contributed by atoms with E-state index in [-0.39, 0.29) is 18.3 Å². The third-order valence-corrected chi connectivity index (χ3v) is 4.83. The van der Waals surface area contributed by atoms with Gasteiger partial charge in [0.05, 0.1) is 24.3 Å². The lowest BCUT2D eigenvalue weighted by molar-refractivity contribution is 0.285. The molecule has 0 radical (unpaired) electrons. The molecule has 1 saturated carbocycles. The smallest absolute Gasteiger partial charge is 0.191 e. The highest BCUT2D eigenvalue weighted by atomic mass is 19.1. The van der Waals surface area contributed by atoms with Gasteiger partial charge < -0.3 is 15.4 Å². The van der Waals surface area contributed by atoms with Crippen molar-refractivity contribution in [3.8, 4) is 11.8 Å². The van der Waals surface area contributed by atoms with Crippen LogP contribution in [0.5, 0.6) is 5.75 Å². The minimum atomic E-state index is -0.399. The second-order valence-corrected chi connectivity index (χ2v) is 7.15. The van der Waals surface area contributed by atoms with Crippen molar-refractivity contribution in [3.05, 3.63) is 64.7 Å². The Morgan fingerprint density at radius 2 is 2.03 bits per heavy atom. The monoisotopic (exact) mass is 398 g/mol. The first-order valence-electron chi connectivity index (χ1n) is 9.58. The largest absolute Gasteiger partial charge is 0.490 e. The number of hydrogen-bond acceptors (Lipinski definition) is 3. The molecule has 29 heavy (non-hydrogen) atoms. The van der Waals surface area contributed by atoms with Crippen LogP contribution in [-0.2, 0) is 6.54 Å². The van der Waals surface area contributed by atoms with Crippen molar-refractivity contribution in [1.29, 1.82) is 5.26 Å². The molecular weight excluding hydrogens is 374 g/mol. The first-order valence-corrected chi connectivity index (χ1v) is 9.58. The predicted octanol–water partition coefficient (Wildman–Crippen LogP) is 4.05. The lowest BCUT2D eigenvalue weighted by Gasteiger charge is -2.19. The Morgan fingerprint density at radius 1 is 1.24 bits per heavy atom. The molecule has 2 aromatic carbocycles. The zero-order valence-electron chi connectivity index (χ0n) is 16.5. The number of aliphatic imine (C=N–C) groups is 1. The summed E-state index contributed by atoms with van der Waals surface area (Å²) in [4.78, 5) is 4.13. The number of nitriles is 1. The Bertz CT molecular complexity index is 935. The molecule has 2 aromatic rings. The van der Waals surface area contributed by atoms with Crippen LogP contribution in [0.4, 0.5) is 8.78 Å². The van der Waals surface area contributed by atoms with Crippen LogP contribution in [0.15, 0.2) is 41.4 Å². The molecule has 0 aliphatic heterocycles. The van der Waals surface area contributed by atoms with E-state index in [0.29, 0.717) is 29.6 Å². The fraction of sp³-hybridized carbons (Fsp3) is 0.364. The quantitative estimate of drug-likeness (QED) is 0.545. The van der Waals surface area contributed by atoms with Crippen LogP contribution in [0.1, 0.15) is 42.5 Å². The first-order chi connectivity index (χ1) is 14.0. The summed E-state index contributed by atoms with van der Waals surface area (Å²) in [5, 5.41) is 15.1. The van der Waals surface area contributed by atoms with Gasteiger partial charge >= 0.3 is 0 Å². The number of ether oxygens (including phenoxy) is 1. The van der Waals surface area contributed by atoms with Gasteiger partial charge in [0.1, 0.15) is 5.82 Å². The standard InChI is InChI=1S/C22H24F2N4O/c1-14(17-6-8-21(20(24)10-17)29-13-15-3-4-15)28-22(26-2)27-12-18-9-16(11-25)5-7-19(18)23/h5-10,14-15H,3-4,12-13H2,1-2H3,(H2,26,27,28). The Kier molecular flexibility index (Phi) is 6.65. The summed E-state index contributed by atoms with van der Waals surface area (Å²) in [6, 6.07) is 10.9. The van der Waals surface area contributed by atoms with Gasteiger partial charge in [0, 0.05) is 19.2 Å². The summed E-state index contributed by atoms with van der Waals surface area (Å²) in [6.45, 7) is 2.60. The van der Waals surface area contributed by atoms with Crippen molar-refractivity contribution in [2.75, 3.05) is 13.7 Å². The highest BCUT2D eigenvalue weighted by Crippen LogP contribution is 2.30. The maximum absolute atomic E-state index is 14.3. The molecule has 1 atom stereocenters. The van der Waals surface area contributed by atoms with Crippen LogP contribution in [0.2, 0.25) is 0 Å². The average molecular weight is 398 g/mol. The minimum absolute atomic E-state index is 0.163. The van der Waals surface area contributed by atoms with Gasteiger partial charge in [0.25, 0.3) is 0 Å². The van der Waals surface area contributed by atoms with E-state index < -0.39 is 11.6 Å². The van der Waals surface area contributed by atoms with Crippen LogP contribution < -0.4 is 15.4 Å². The molecule has 1 aliphatic carbocycles. The maximum Gasteiger partial charge on any atom is 0.191 e. The normalized spacial score (nSPS) is 14.8. The molecule has 1 fully saturated rings. The van der Waals surface area contributed by atoms with E-state index in [2.05, 4.69) is 15.6 Å². The molecule has 2 N–H and O–H groups in total. The molecule has 0 saturated heterocycles. The SMILES string of the molecule is CN=C(NCc1cc(C#N)ccc1F)NC(C)c1ccc(OCC2CC2)c(F)c1. The number of halogens is 2. The molecule has 0 bridgehead atoms. The van der Waals surface area contributed by atoms with Gasteiger partial charge in [0.2, 0.25) is 0 Å². The van der Waals surface area contributed by atoms with Crippen LogP contribution in [0, 0.1) is 28.9 Å². The molecule has 0 aromatic heterocycles. The Balaban J connectivity index is 1.58. The Morgan fingerprint density at radius 3 is 2.69 bits per heavy atom. The van der Waals surface area contributed by atoms with E-state index in [9.17, 15) is 8.78 Å². The molecule has 3 rings (SSSR count). The first kappa shape index (κ1) is 20.6. The summed E-state index contributed by atoms with van der Waals surface area (Å²) in [6.07, 6.45) is 2.30. The Hall–Kier alpha value is -3.14. The molecule has 0 spiro atoms. The van der Waals surface area contributed by atoms with E-state index in [1.54, 1.807) is 13.1 Å². The lowest BCUT2D eigenvalue weighted by Crippen LogP contribution is -2.38. The van der Waals surface area contributed by atoms with Crippen LogP contribution in [0.3, 0.4) is 0 Å². The molecule has 1 aliphatic rings. The van der Waals surface area contributed by atoms with Gasteiger partial charge in [-0.3, -0.25) is 4.99 Å². The number of rotatable bonds is 7. The second-order valence-electron chi connectivity index (χ2n) is 7.15. The van der Waals surface area contributed by atoms with E-state index in [4.69, 9.17) is 10.00 Å². The molecular formula is C22H24F2N4O. The number of nitrogens with zero attached hydrogens (tertiary/aromatic N) is 2. The van der Waals surface area contributed by atoms with Crippen LogP contribution in [-0.4, -0.2) is 19.6 Å². The van der Waals surface area contributed by atoms with Crippen molar-refractivity contribution in [2.45, 2.75) is 32.4 Å². The fourth-order valence-corrected chi connectivity index (χ4v) is 2.84. The molecule has 5 nitrogen and oxygen atoms in total. The van der Waals surface area contributed by atoms with E-state index in [1.165, 1.54) is 24.3 Å². The summed E-state index contributed by atoms with van der Waals surface area (Å²) >= 11 is 0. The predicted molar refractivity (Wildman–Crippen MR) is 107 cm³/mol. The molecule has 152 valence electrons. The number of hydrogen-bond donors (Lipinski definition) is 2. The van der Waals surface area contributed by atoms with Crippen molar-refractivity contribution in [1.82, 2.24) is 10.6 Å². The summed E-state index contributed by atoms with van der Waals surface area (Å²) < 4.78 is 33.8. The second kappa shape index (κ2) is 9.37. The molecule has 0 amide bonds. The molecule has 1 unspecified atom stereocenters. The fourth-order valence-electron chi connectivity index (χ4n) is 2.84. The summed E-state index contributed by atoms with van der Waals surface area (Å²) in [5.74, 6) is 0.471. The zero-order chi connectivity index (χ0) is 20.8. The van der Waals surface area contributed by atoms with Gasteiger partial charge in [-0.15, -0.1) is 0 Å².